The molecule has 90 valence electrons. The SMILES string of the molecule is CCOS(=O)(=O)[O-].CC[N+]1=C(C)SCC1. The molecule has 0 atom stereocenters. The van der Waals surface area contributed by atoms with Gasteiger partial charge in [0.2, 0.25) is 15.4 Å². The summed E-state index contributed by atoms with van der Waals surface area (Å²) in [5, 5.41) is 1.49. The zero-order valence-electron chi connectivity index (χ0n) is 9.23. The Balaban J connectivity index is 0.000000265. The van der Waals surface area contributed by atoms with Crippen molar-refractivity contribution < 1.29 is 21.7 Å². The smallest absolute Gasteiger partial charge is 0.217 e. The first-order chi connectivity index (χ1) is 6.90. The highest BCUT2D eigenvalue weighted by Crippen LogP contribution is 2.09. The van der Waals surface area contributed by atoms with E-state index >= 15 is 0 Å². The van der Waals surface area contributed by atoms with Crippen molar-refractivity contribution in [3.05, 3.63) is 0 Å². The maximum absolute atomic E-state index is 9.45. The Labute approximate surface area is 95.5 Å². The van der Waals surface area contributed by atoms with Gasteiger partial charge >= 0.3 is 0 Å². The fraction of sp³-hybridized carbons (Fsp3) is 0.875. The molecule has 7 heteroatoms. The van der Waals surface area contributed by atoms with E-state index in [1.165, 1.54) is 30.8 Å². The van der Waals surface area contributed by atoms with Crippen LogP contribution < -0.4 is 0 Å². The van der Waals surface area contributed by atoms with Gasteiger partial charge in [0.1, 0.15) is 6.54 Å². The van der Waals surface area contributed by atoms with Gasteiger partial charge in [-0.1, -0.05) is 11.8 Å². The van der Waals surface area contributed by atoms with Gasteiger partial charge in [-0.3, -0.25) is 4.18 Å². The van der Waals surface area contributed by atoms with Crippen LogP contribution in [0.25, 0.3) is 0 Å². The third-order valence-corrected chi connectivity index (χ3v) is 3.35. The summed E-state index contributed by atoms with van der Waals surface area (Å²) in [6.45, 7) is 8.17. The average molecular weight is 255 g/mol. The first kappa shape index (κ1) is 14.9. The highest BCUT2D eigenvalue weighted by atomic mass is 32.3. The average Bonchev–Trinajstić information content (AvgIpc) is 2.49. The second-order valence-electron chi connectivity index (χ2n) is 2.76. The fourth-order valence-electron chi connectivity index (χ4n) is 1.08. The molecule has 1 aliphatic heterocycles. The van der Waals surface area contributed by atoms with Crippen molar-refractivity contribution in [3.8, 4) is 0 Å². The molecule has 1 rings (SSSR count). The minimum Gasteiger partial charge on any atom is -0.726 e. The maximum atomic E-state index is 9.45. The Morgan fingerprint density at radius 3 is 2.27 bits per heavy atom. The lowest BCUT2D eigenvalue weighted by Crippen LogP contribution is -2.11. The topological polar surface area (TPSA) is 69.4 Å². The summed E-state index contributed by atoms with van der Waals surface area (Å²) in [7, 11) is -4.42. The minimum atomic E-state index is -4.42. The van der Waals surface area contributed by atoms with E-state index in [0.29, 0.717) is 0 Å². The highest BCUT2D eigenvalue weighted by Gasteiger charge is 2.15. The molecule has 0 aliphatic carbocycles. The molecule has 0 aromatic heterocycles. The van der Waals surface area contributed by atoms with Gasteiger partial charge in [-0.15, -0.1) is 0 Å². The molecule has 0 N–H and O–H groups in total. The monoisotopic (exact) mass is 255 g/mol. The first-order valence-electron chi connectivity index (χ1n) is 4.72. The molecule has 0 unspecified atom stereocenters. The van der Waals surface area contributed by atoms with Crippen LogP contribution >= 0.6 is 11.8 Å². The lowest BCUT2D eigenvalue weighted by Gasteiger charge is -2.02. The van der Waals surface area contributed by atoms with Gasteiger partial charge < -0.3 is 4.55 Å². The Kier molecular flexibility index (Phi) is 7.16. The van der Waals surface area contributed by atoms with Crippen LogP contribution in [0, 0.1) is 0 Å². The summed E-state index contributed by atoms with van der Waals surface area (Å²) in [5.74, 6) is 1.29. The van der Waals surface area contributed by atoms with Crippen molar-refractivity contribution in [2.75, 3.05) is 25.4 Å². The number of thioether (sulfide) groups is 1. The molecule has 1 heterocycles. The van der Waals surface area contributed by atoms with Gasteiger partial charge in [0.05, 0.1) is 12.4 Å². The number of rotatable bonds is 3. The van der Waals surface area contributed by atoms with Crippen molar-refractivity contribution in [1.82, 2.24) is 0 Å². The highest BCUT2D eigenvalue weighted by molar-refractivity contribution is 8.13. The van der Waals surface area contributed by atoms with Gasteiger partial charge in [-0.25, -0.2) is 13.0 Å². The largest absolute Gasteiger partial charge is 0.726 e. The Hall–Kier alpha value is -0.110. The summed E-state index contributed by atoms with van der Waals surface area (Å²) < 4.78 is 34.4. The second kappa shape index (κ2) is 7.21. The standard InChI is InChI=1S/C6H12NS.C2H6O4S/c1-3-7-4-5-8-6(7)2;1-2-6-7(3,4)5/h3-5H2,1-2H3;2H2,1H3,(H,3,4,5)/q+1;/p-1. The second-order valence-corrected chi connectivity index (χ2v) is 5.10. The maximum Gasteiger partial charge on any atom is 0.217 e. The number of hydrogen-bond donors (Lipinski definition) is 0. The van der Waals surface area contributed by atoms with E-state index in [1.54, 1.807) is 0 Å². The molecule has 0 fully saturated rings. The predicted molar refractivity (Wildman–Crippen MR) is 60.1 cm³/mol. The van der Waals surface area contributed by atoms with E-state index in [-0.39, 0.29) is 6.61 Å². The van der Waals surface area contributed by atoms with Crippen LogP contribution in [-0.2, 0) is 14.6 Å². The lowest BCUT2D eigenvalue weighted by atomic mass is 10.6. The van der Waals surface area contributed by atoms with Gasteiger partial charge in [-0.05, 0) is 13.8 Å². The Morgan fingerprint density at radius 2 is 2.13 bits per heavy atom. The van der Waals surface area contributed by atoms with E-state index < -0.39 is 10.4 Å². The molecule has 0 aromatic carbocycles. The molecular formula is C8H17NO4S2. The molecule has 5 nitrogen and oxygen atoms in total. The molecule has 0 bridgehead atoms. The quantitative estimate of drug-likeness (QED) is 0.421. The first-order valence-corrected chi connectivity index (χ1v) is 7.04. The minimum absolute atomic E-state index is 0.0914. The number of nitrogens with zero attached hydrogens (tertiary/aromatic N) is 1. The third-order valence-electron chi connectivity index (χ3n) is 1.76. The van der Waals surface area contributed by atoms with Gasteiger partial charge in [0.25, 0.3) is 0 Å². The fourth-order valence-corrected chi connectivity index (χ4v) is 2.38. The molecule has 0 aromatic rings. The number of hydrogen-bond acceptors (Lipinski definition) is 5. The van der Waals surface area contributed by atoms with E-state index in [1.807, 2.05) is 11.8 Å². The third kappa shape index (κ3) is 7.78. The van der Waals surface area contributed by atoms with Gasteiger partial charge in [-0.2, -0.15) is 0 Å². The molecule has 1 aliphatic rings. The van der Waals surface area contributed by atoms with Crippen LogP contribution in [0.5, 0.6) is 0 Å². The lowest BCUT2D eigenvalue weighted by molar-refractivity contribution is -0.514. The van der Waals surface area contributed by atoms with Crippen LogP contribution in [-0.4, -0.2) is 48.0 Å². The molecule has 15 heavy (non-hydrogen) atoms. The van der Waals surface area contributed by atoms with Crippen molar-refractivity contribution in [3.63, 3.8) is 0 Å². The Bertz CT molecular complexity index is 311. The van der Waals surface area contributed by atoms with E-state index in [2.05, 4.69) is 22.6 Å². The van der Waals surface area contributed by atoms with Crippen molar-refractivity contribution in [2.45, 2.75) is 20.8 Å². The van der Waals surface area contributed by atoms with Crippen LogP contribution in [0.1, 0.15) is 20.8 Å². The van der Waals surface area contributed by atoms with Crippen molar-refractivity contribution in [1.29, 1.82) is 0 Å². The zero-order chi connectivity index (χ0) is 11.9. The molecule has 0 amide bonds. The van der Waals surface area contributed by atoms with Crippen molar-refractivity contribution >= 4 is 27.2 Å². The summed E-state index contributed by atoms with van der Waals surface area (Å²) in [6, 6.07) is 0. The van der Waals surface area contributed by atoms with Crippen LogP contribution in [0.15, 0.2) is 0 Å². The molecule has 0 spiro atoms. The summed E-state index contributed by atoms with van der Waals surface area (Å²) >= 11 is 1.97. The summed E-state index contributed by atoms with van der Waals surface area (Å²) in [5.41, 5.74) is 0. The van der Waals surface area contributed by atoms with Crippen LogP contribution in [0.4, 0.5) is 0 Å². The van der Waals surface area contributed by atoms with E-state index in [9.17, 15) is 13.0 Å². The normalized spacial score (nSPS) is 16.3. The molecule has 0 saturated heterocycles. The summed E-state index contributed by atoms with van der Waals surface area (Å²) in [6.07, 6.45) is 0. The molecule has 0 radical (unpaired) electrons. The Morgan fingerprint density at radius 1 is 1.53 bits per heavy atom. The summed E-state index contributed by atoms with van der Waals surface area (Å²) in [4.78, 5) is 0. The van der Waals surface area contributed by atoms with Crippen LogP contribution in [0.3, 0.4) is 0 Å². The van der Waals surface area contributed by atoms with Gasteiger partial charge in [0, 0.05) is 6.92 Å². The van der Waals surface area contributed by atoms with E-state index in [4.69, 9.17) is 0 Å². The molecular weight excluding hydrogens is 238 g/mol. The van der Waals surface area contributed by atoms with Crippen LogP contribution in [0.2, 0.25) is 0 Å². The zero-order valence-corrected chi connectivity index (χ0v) is 10.9. The van der Waals surface area contributed by atoms with Crippen molar-refractivity contribution in [2.24, 2.45) is 0 Å². The predicted octanol–water partition coefficient (Wildman–Crippen LogP) is 0.667. The van der Waals surface area contributed by atoms with Gasteiger partial charge in [0.15, 0.2) is 6.54 Å². The molecule has 0 saturated carbocycles. The van der Waals surface area contributed by atoms with E-state index in [0.717, 1.165) is 0 Å².